The van der Waals surface area contributed by atoms with Crippen LogP contribution in [0, 0.1) is 0 Å². The Bertz CT molecular complexity index is 1330. The number of rotatable bonds is 17. The molecule has 2 aromatic carbocycles. The number of aliphatic hydroxyl groups excluding tert-OH is 1. The Balaban J connectivity index is 0.000000285. The summed E-state index contributed by atoms with van der Waals surface area (Å²) >= 11 is -2.12. The first-order chi connectivity index (χ1) is 25.9. The van der Waals surface area contributed by atoms with Crippen molar-refractivity contribution in [1.82, 2.24) is 0 Å². The van der Waals surface area contributed by atoms with Crippen LogP contribution in [-0.2, 0) is 31.6 Å². The molecule has 0 aliphatic carbocycles. The maximum Gasteiger partial charge on any atom is 0.338 e. The molecule has 0 amide bonds. The van der Waals surface area contributed by atoms with Gasteiger partial charge < -0.3 is 28.8 Å². The van der Waals surface area contributed by atoms with Gasteiger partial charge in [-0.25, -0.2) is 18.4 Å². The molecule has 2 aromatic rings. The number of unbranched alkanes of at least 4 members (excludes halogenated alkanes) is 3. The van der Waals surface area contributed by atoms with Crippen molar-refractivity contribution in [3.05, 3.63) is 71.8 Å². The van der Waals surface area contributed by atoms with Crippen LogP contribution in [0.4, 0.5) is 8.78 Å². The van der Waals surface area contributed by atoms with E-state index in [9.17, 15) is 28.3 Å². The van der Waals surface area contributed by atoms with E-state index in [4.69, 9.17) is 26.8 Å². The maximum atomic E-state index is 14.2. The molecular formula is C41H62F2O10Sn. The van der Waals surface area contributed by atoms with Crippen LogP contribution < -0.4 is 0 Å². The monoisotopic (exact) mass is 872 g/mol. The molecule has 2 aliphatic heterocycles. The molecule has 2 unspecified atom stereocenters. The fourth-order valence-corrected chi connectivity index (χ4v) is 18.7. The maximum absolute atomic E-state index is 14.2. The van der Waals surface area contributed by atoms with Crippen LogP contribution in [0.15, 0.2) is 60.7 Å². The first-order valence-electron chi connectivity index (χ1n) is 19.4. The summed E-state index contributed by atoms with van der Waals surface area (Å²) in [6.45, 7) is 11.6. The van der Waals surface area contributed by atoms with Crippen molar-refractivity contribution in [3.63, 3.8) is 0 Å². The van der Waals surface area contributed by atoms with Gasteiger partial charge in [0.05, 0.1) is 23.3 Å². The van der Waals surface area contributed by atoms with Crippen molar-refractivity contribution >= 4 is 36.7 Å². The van der Waals surface area contributed by atoms with Gasteiger partial charge in [0.15, 0.2) is 30.8 Å². The zero-order chi connectivity index (χ0) is 40.1. The molecule has 0 radical (unpaired) electrons. The van der Waals surface area contributed by atoms with E-state index in [-0.39, 0.29) is 0 Å². The van der Waals surface area contributed by atoms with Gasteiger partial charge in [-0.2, -0.15) is 0 Å². The van der Waals surface area contributed by atoms with Crippen LogP contribution in [0.1, 0.15) is 114 Å². The molecule has 13 heteroatoms. The molecule has 0 aromatic heterocycles. The van der Waals surface area contributed by atoms with Gasteiger partial charge in [-0.15, -0.1) is 0 Å². The number of halogens is 2. The second-order valence-electron chi connectivity index (χ2n) is 13.6. The third kappa shape index (κ3) is 15.1. The Morgan fingerprint density at radius 3 is 1.44 bits per heavy atom. The second kappa shape index (κ2) is 25.5. The molecule has 2 heterocycles. The number of alkyl halides is 2. The van der Waals surface area contributed by atoms with E-state index >= 15 is 0 Å². The average Bonchev–Trinajstić information content (AvgIpc) is 3.63. The summed E-state index contributed by atoms with van der Waals surface area (Å²) in [5, 5.41) is 9.52. The van der Waals surface area contributed by atoms with E-state index in [2.05, 4.69) is 20.8 Å². The van der Waals surface area contributed by atoms with E-state index < -0.39 is 86.0 Å². The molecule has 304 valence electrons. The van der Waals surface area contributed by atoms with Gasteiger partial charge in [-0.3, -0.25) is 4.79 Å². The largest absolute Gasteiger partial charge is 0.450 e. The molecule has 0 saturated carbocycles. The van der Waals surface area contributed by atoms with Crippen molar-refractivity contribution in [2.24, 2.45) is 0 Å². The molecule has 2 saturated heterocycles. The van der Waals surface area contributed by atoms with E-state index in [1.54, 1.807) is 74.5 Å². The number of hydrogen-bond acceptors (Lipinski definition) is 10. The standard InChI is InChI=1S/C15H17FO5.C13H15FO4.3C4H9.CH3O.Sn/c1-3-11-12(16)13(15(20-11)19-9(2)17)21-14(18)10-7-5-4-6-8-10;1-2-9-10(14)11(13(16)17-9)18-12(15)8-6-4-3-5-7-8;3*1-3-4-2;1-2;/h4-8,11-13,15H,3H2,1-2H3;3-7,9-11,13,16H,2H2,1H3;3*1,3-4H2,2H3;1H3;/q;;;;;-1;+1/t11-,12-,13-,15?;9-,10-,11-,13?;;;;;/m11...../s1. The summed E-state index contributed by atoms with van der Waals surface area (Å²) in [7, 11) is 2.00. The second-order valence-corrected chi connectivity index (χ2v) is 25.8. The molecule has 2 aliphatic rings. The molecular weight excluding hydrogens is 809 g/mol. The number of carbonyl (C=O) groups is 3. The van der Waals surface area contributed by atoms with Gasteiger partial charge in [0, 0.05) is 6.92 Å². The van der Waals surface area contributed by atoms with Gasteiger partial charge >= 0.3 is 119 Å². The minimum absolute atomic E-state index is 0.297. The summed E-state index contributed by atoms with van der Waals surface area (Å²) in [5.74, 6) is -1.96. The van der Waals surface area contributed by atoms with Crippen LogP contribution >= 0.6 is 0 Å². The molecule has 4 rings (SSSR count). The number of carbonyl (C=O) groups excluding carboxylic acids is 3. The molecule has 1 N–H and O–H groups in total. The van der Waals surface area contributed by atoms with Crippen molar-refractivity contribution in [3.8, 4) is 0 Å². The first kappa shape index (κ1) is 47.5. The van der Waals surface area contributed by atoms with E-state index in [0.29, 0.717) is 24.0 Å². The molecule has 2 fully saturated rings. The SMILES string of the molecule is CCC[CH2][Sn]([CH2]CCC)([CH2]CCC)[O]C.CC[C@H]1OC(O)[C@H](OC(=O)c2ccccc2)[C@@H]1F.CC[C@H]1OC(OC(C)=O)[C@H](OC(=O)c2ccccc2)[C@@H]1F. The third-order valence-electron chi connectivity index (χ3n) is 9.49. The summed E-state index contributed by atoms with van der Waals surface area (Å²) < 4.78 is 63.7. The predicted molar refractivity (Wildman–Crippen MR) is 205 cm³/mol. The smallest absolute Gasteiger partial charge is 0.338 e. The fourth-order valence-electron chi connectivity index (χ4n) is 6.24. The van der Waals surface area contributed by atoms with Crippen LogP contribution in [0.5, 0.6) is 0 Å². The Hall–Kier alpha value is -2.65. The van der Waals surface area contributed by atoms with E-state index in [0.717, 1.165) is 0 Å². The molecule has 0 spiro atoms. The Morgan fingerprint density at radius 2 is 1.07 bits per heavy atom. The van der Waals surface area contributed by atoms with E-state index in [1.165, 1.54) is 58.8 Å². The number of esters is 3. The van der Waals surface area contributed by atoms with Crippen LogP contribution in [-0.4, -0.2) is 98.3 Å². The minimum atomic E-state index is -2.12. The fraction of sp³-hybridized carbons (Fsp3) is 0.634. The summed E-state index contributed by atoms with van der Waals surface area (Å²) in [6, 6.07) is 16.5. The topological polar surface area (TPSA) is 127 Å². The Kier molecular flexibility index (Phi) is 22.4. The third-order valence-corrected chi connectivity index (χ3v) is 22.8. The van der Waals surface area contributed by atoms with Crippen molar-refractivity contribution in [1.29, 1.82) is 0 Å². The molecule has 8 atom stereocenters. The summed E-state index contributed by atoms with van der Waals surface area (Å²) in [4.78, 5) is 34.8. The number of benzene rings is 2. The van der Waals surface area contributed by atoms with Crippen LogP contribution in [0.25, 0.3) is 0 Å². The zero-order valence-electron chi connectivity index (χ0n) is 33.0. The molecule has 0 bridgehead atoms. The molecule has 10 nitrogen and oxygen atoms in total. The molecule has 54 heavy (non-hydrogen) atoms. The average molecular weight is 872 g/mol. The van der Waals surface area contributed by atoms with Gasteiger partial charge in [0.25, 0.3) is 0 Å². The van der Waals surface area contributed by atoms with E-state index in [1.807, 2.05) is 7.11 Å². The predicted octanol–water partition coefficient (Wildman–Crippen LogP) is 8.90. The van der Waals surface area contributed by atoms with Crippen LogP contribution in [0.3, 0.4) is 0 Å². The van der Waals surface area contributed by atoms with Gasteiger partial charge in [0.2, 0.25) is 6.29 Å². The Labute approximate surface area is 325 Å². The van der Waals surface area contributed by atoms with Gasteiger partial charge in [0.1, 0.15) is 0 Å². The van der Waals surface area contributed by atoms with Gasteiger partial charge in [-0.05, 0) is 37.1 Å². The van der Waals surface area contributed by atoms with Crippen molar-refractivity contribution in [2.75, 3.05) is 7.11 Å². The number of hydrogen-bond donors (Lipinski definition) is 1. The van der Waals surface area contributed by atoms with Gasteiger partial charge in [-0.1, -0.05) is 50.2 Å². The summed E-state index contributed by atoms with van der Waals surface area (Å²) in [5.41, 5.74) is 0.614. The minimum Gasteiger partial charge on any atom is -0.450 e. The van der Waals surface area contributed by atoms with Crippen LogP contribution in [0.2, 0.25) is 13.3 Å². The normalized spacial score (nSPS) is 24.7. The van der Waals surface area contributed by atoms with Crippen molar-refractivity contribution in [2.45, 2.75) is 156 Å². The quantitative estimate of drug-likeness (QED) is 0.0936. The summed E-state index contributed by atoms with van der Waals surface area (Å²) in [6.07, 6.45) is -0.661. The number of ether oxygens (including phenoxy) is 5. The zero-order valence-corrected chi connectivity index (χ0v) is 35.9. The first-order valence-corrected chi connectivity index (χ1v) is 26.6. The van der Waals surface area contributed by atoms with Crippen molar-refractivity contribution < 1.29 is 55.0 Å². The Morgan fingerprint density at radius 1 is 0.667 bits per heavy atom. The number of aliphatic hydroxyl groups is 1.